The fourth-order valence-electron chi connectivity index (χ4n) is 4.35. The van der Waals surface area contributed by atoms with E-state index in [0.717, 1.165) is 18.8 Å². The van der Waals surface area contributed by atoms with Crippen LogP contribution in [0, 0.1) is 11.8 Å². The van der Waals surface area contributed by atoms with E-state index in [9.17, 15) is 9.59 Å². The van der Waals surface area contributed by atoms with Crippen LogP contribution < -0.4 is 10.3 Å². The summed E-state index contributed by atoms with van der Waals surface area (Å²) in [5, 5.41) is 6.21. The number of ether oxygens (including phenoxy) is 1. The standard InChI is InChI=1S/C19H22N4O3/c1-22-9-13-10-23(19(25)16-7-8-17(24)21-20-16)11-15(13)18(22)12-3-5-14(26-2)6-4-12/h3-8,13,15,18H,9-11H2,1-2H3,(H,21,24)/t13-,15+,18-/m0/s1. The second-order valence-corrected chi connectivity index (χ2v) is 7.10. The summed E-state index contributed by atoms with van der Waals surface area (Å²) in [6.07, 6.45) is 0. The molecule has 2 saturated heterocycles. The quantitative estimate of drug-likeness (QED) is 0.895. The van der Waals surface area contributed by atoms with Gasteiger partial charge in [0.25, 0.3) is 11.5 Å². The number of benzene rings is 1. The maximum Gasteiger partial charge on any atom is 0.274 e. The number of H-pyrrole nitrogens is 1. The maximum absolute atomic E-state index is 12.7. The zero-order valence-electron chi connectivity index (χ0n) is 14.9. The summed E-state index contributed by atoms with van der Waals surface area (Å²) in [5.41, 5.74) is 1.23. The molecule has 26 heavy (non-hydrogen) atoms. The second kappa shape index (κ2) is 6.57. The van der Waals surface area contributed by atoms with Crippen LogP contribution in [0.1, 0.15) is 22.1 Å². The highest BCUT2D eigenvalue weighted by atomic mass is 16.5. The average Bonchev–Trinajstić information content (AvgIpc) is 3.18. The van der Waals surface area contributed by atoms with Crippen LogP contribution in [-0.4, -0.2) is 59.7 Å². The topological polar surface area (TPSA) is 78.5 Å². The van der Waals surface area contributed by atoms with Crippen LogP contribution in [-0.2, 0) is 0 Å². The van der Waals surface area contributed by atoms with Gasteiger partial charge in [-0.15, -0.1) is 0 Å². The lowest BCUT2D eigenvalue weighted by Gasteiger charge is -2.27. The third-order valence-electron chi connectivity index (χ3n) is 5.54. The molecule has 3 atom stereocenters. The monoisotopic (exact) mass is 354 g/mol. The number of likely N-dealkylation sites (tertiary alicyclic amines) is 2. The number of methoxy groups -OCH3 is 1. The number of carbonyl (C=O) groups excluding carboxylic acids is 1. The first kappa shape index (κ1) is 16.8. The van der Waals surface area contributed by atoms with Crippen LogP contribution in [0.2, 0.25) is 0 Å². The van der Waals surface area contributed by atoms with Crippen molar-refractivity contribution in [3.63, 3.8) is 0 Å². The largest absolute Gasteiger partial charge is 0.497 e. The number of amides is 1. The van der Waals surface area contributed by atoms with Crippen molar-refractivity contribution in [3.05, 3.63) is 58.0 Å². The molecular weight excluding hydrogens is 332 g/mol. The third-order valence-corrected chi connectivity index (χ3v) is 5.54. The Bertz CT molecular complexity index is 843. The first-order chi connectivity index (χ1) is 12.6. The molecule has 0 bridgehead atoms. The molecule has 7 nitrogen and oxygen atoms in total. The fraction of sp³-hybridized carbons (Fsp3) is 0.421. The molecule has 4 rings (SSSR count). The smallest absolute Gasteiger partial charge is 0.274 e. The molecule has 2 aliphatic heterocycles. The van der Waals surface area contributed by atoms with E-state index in [-0.39, 0.29) is 17.5 Å². The molecule has 1 N–H and O–H groups in total. The van der Waals surface area contributed by atoms with E-state index in [4.69, 9.17) is 4.74 Å². The number of hydrogen-bond acceptors (Lipinski definition) is 5. The highest BCUT2D eigenvalue weighted by Gasteiger charge is 2.47. The number of aromatic nitrogens is 2. The van der Waals surface area contributed by atoms with Crippen molar-refractivity contribution < 1.29 is 9.53 Å². The van der Waals surface area contributed by atoms with Crippen LogP contribution >= 0.6 is 0 Å². The van der Waals surface area contributed by atoms with Crippen LogP contribution in [0.3, 0.4) is 0 Å². The van der Waals surface area contributed by atoms with Crippen molar-refractivity contribution in [1.29, 1.82) is 0 Å². The van der Waals surface area contributed by atoms with Gasteiger partial charge in [-0.05, 0) is 36.7 Å². The molecule has 136 valence electrons. The number of carbonyl (C=O) groups is 1. The van der Waals surface area contributed by atoms with Gasteiger partial charge in [0.2, 0.25) is 0 Å². The van der Waals surface area contributed by atoms with Gasteiger partial charge >= 0.3 is 0 Å². The molecule has 0 saturated carbocycles. The number of aromatic amines is 1. The van der Waals surface area contributed by atoms with E-state index in [1.54, 1.807) is 7.11 Å². The third kappa shape index (κ3) is 2.88. The summed E-state index contributed by atoms with van der Waals surface area (Å²) < 4.78 is 5.25. The molecule has 1 aromatic carbocycles. The molecule has 1 aromatic heterocycles. The Hall–Kier alpha value is -2.67. The number of nitrogens with zero attached hydrogens (tertiary/aromatic N) is 3. The summed E-state index contributed by atoms with van der Waals surface area (Å²) >= 11 is 0. The Kier molecular flexibility index (Phi) is 4.24. The second-order valence-electron chi connectivity index (χ2n) is 7.10. The van der Waals surface area contributed by atoms with Crippen molar-refractivity contribution in [3.8, 4) is 5.75 Å². The predicted molar refractivity (Wildman–Crippen MR) is 96.1 cm³/mol. The highest BCUT2D eigenvalue weighted by molar-refractivity contribution is 5.92. The Morgan fingerprint density at radius 2 is 1.92 bits per heavy atom. The normalized spacial score (nSPS) is 25.3. The van der Waals surface area contributed by atoms with Crippen molar-refractivity contribution in [1.82, 2.24) is 20.0 Å². The fourth-order valence-corrected chi connectivity index (χ4v) is 4.35. The van der Waals surface area contributed by atoms with Gasteiger partial charge in [0.15, 0.2) is 0 Å². The van der Waals surface area contributed by atoms with Crippen molar-refractivity contribution in [2.75, 3.05) is 33.8 Å². The minimum Gasteiger partial charge on any atom is -0.497 e. The van der Waals surface area contributed by atoms with E-state index in [0.29, 0.717) is 24.1 Å². The van der Waals surface area contributed by atoms with E-state index in [1.165, 1.54) is 17.7 Å². The lowest BCUT2D eigenvalue weighted by molar-refractivity contribution is 0.0760. The van der Waals surface area contributed by atoms with Crippen molar-refractivity contribution in [2.24, 2.45) is 11.8 Å². The van der Waals surface area contributed by atoms with E-state index < -0.39 is 0 Å². The minimum absolute atomic E-state index is 0.119. The first-order valence-electron chi connectivity index (χ1n) is 8.76. The van der Waals surface area contributed by atoms with Crippen LogP contribution in [0.5, 0.6) is 5.75 Å². The predicted octanol–water partition coefficient (Wildman–Crippen LogP) is 1.15. The zero-order chi connectivity index (χ0) is 18.3. The summed E-state index contributed by atoms with van der Waals surface area (Å²) in [6, 6.07) is 11.3. The Morgan fingerprint density at radius 3 is 2.58 bits per heavy atom. The molecule has 2 fully saturated rings. The summed E-state index contributed by atoms with van der Waals surface area (Å²) in [7, 11) is 3.81. The van der Waals surface area contributed by atoms with Gasteiger partial charge in [0.05, 0.1) is 7.11 Å². The van der Waals surface area contributed by atoms with Crippen molar-refractivity contribution in [2.45, 2.75) is 6.04 Å². The van der Waals surface area contributed by atoms with Crippen molar-refractivity contribution >= 4 is 5.91 Å². The Morgan fingerprint density at radius 1 is 1.15 bits per heavy atom. The van der Waals surface area contributed by atoms with Gasteiger partial charge in [-0.3, -0.25) is 14.5 Å². The van der Waals surface area contributed by atoms with Crippen LogP contribution in [0.15, 0.2) is 41.2 Å². The molecule has 0 spiro atoms. The van der Waals surface area contributed by atoms with E-state index in [2.05, 4.69) is 34.3 Å². The molecular formula is C19H22N4O3. The molecule has 3 heterocycles. The van der Waals surface area contributed by atoms with Gasteiger partial charge in [-0.25, -0.2) is 5.10 Å². The number of fused-ring (bicyclic) bond motifs is 1. The van der Waals surface area contributed by atoms with Crippen LogP contribution in [0.4, 0.5) is 0 Å². The molecule has 2 aliphatic rings. The molecule has 0 unspecified atom stereocenters. The molecule has 2 aromatic rings. The van der Waals surface area contributed by atoms with Gasteiger partial charge in [0.1, 0.15) is 11.4 Å². The SMILES string of the molecule is COc1ccc([C@H]2[C@@H]3CN(C(=O)c4ccc(=O)[nH]n4)C[C@@H]3CN2C)cc1. The lowest BCUT2D eigenvalue weighted by atomic mass is 9.89. The first-order valence-corrected chi connectivity index (χ1v) is 8.76. The molecule has 7 heteroatoms. The van der Waals surface area contributed by atoms with Gasteiger partial charge in [0, 0.05) is 37.7 Å². The van der Waals surface area contributed by atoms with E-state index >= 15 is 0 Å². The molecule has 0 aliphatic carbocycles. The summed E-state index contributed by atoms with van der Waals surface area (Å²) in [5.74, 6) is 1.56. The zero-order valence-corrected chi connectivity index (χ0v) is 14.9. The van der Waals surface area contributed by atoms with Gasteiger partial charge < -0.3 is 9.64 Å². The Labute approximate surface area is 151 Å². The summed E-state index contributed by atoms with van der Waals surface area (Å²) in [4.78, 5) is 28.1. The average molecular weight is 354 g/mol. The number of nitrogens with one attached hydrogen (secondary N) is 1. The van der Waals surface area contributed by atoms with Crippen LogP contribution in [0.25, 0.3) is 0 Å². The summed E-state index contributed by atoms with van der Waals surface area (Å²) in [6.45, 7) is 2.39. The number of rotatable bonds is 3. The highest BCUT2D eigenvalue weighted by Crippen LogP contribution is 2.44. The number of hydrogen-bond donors (Lipinski definition) is 1. The lowest BCUT2D eigenvalue weighted by Crippen LogP contribution is -2.34. The molecule has 1 amide bonds. The van der Waals surface area contributed by atoms with E-state index in [1.807, 2.05) is 17.0 Å². The maximum atomic E-state index is 12.7. The minimum atomic E-state index is -0.305. The Balaban J connectivity index is 1.53. The molecule has 0 radical (unpaired) electrons. The van der Waals surface area contributed by atoms with Gasteiger partial charge in [-0.1, -0.05) is 12.1 Å². The van der Waals surface area contributed by atoms with Gasteiger partial charge in [-0.2, -0.15) is 5.10 Å².